The zero-order valence-electron chi connectivity index (χ0n) is 12.2. The van der Waals surface area contributed by atoms with Crippen LogP contribution in [-0.4, -0.2) is 40.3 Å². The summed E-state index contributed by atoms with van der Waals surface area (Å²) < 4.78 is 5.52. The van der Waals surface area contributed by atoms with E-state index in [9.17, 15) is 14.8 Å². The predicted molar refractivity (Wildman–Crippen MR) is 81.2 cm³/mol. The van der Waals surface area contributed by atoms with Crippen LogP contribution in [0.2, 0.25) is 0 Å². The number of benzene rings is 1. The van der Waals surface area contributed by atoms with Gasteiger partial charge in [0, 0.05) is 24.4 Å². The standard InChI is InChI=1S/C15H16N4O4/c16-15(21)18-8-9-19(22)14(20)11-4-3-5-12(10-11)23-13-6-1-2-7-17-13/h1-7,10,22H,8-9H2,(H3,16,18,21). The third kappa shape index (κ3) is 4.97. The minimum Gasteiger partial charge on any atom is -0.439 e. The topological polar surface area (TPSA) is 118 Å². The van der Waals surface area contributed by atoms with Crippen LogP contribution in [0.15, 0.2) is 48.7 Å². The van der Waals surface area contributed by atoms with Gasteiger partial charge < -0.3 is 15.8 Å². The fourth-order valence-electron chi connectivity index (χ4n) is 1.76. The van der Waals surface area contributed by atoms with E-state index >= 15 is 0 Å². The van der Waals surface area contributed by atoms with Crippen LogP contribution in [-0.2, 0) is 0 Å². The Kier molecular flexibility index (Phi) is 5.48. The molecule has 3 amide bonds. The fourth-order valence-corrected chi connectivity index (χ4v) is 1.76. The Bertz CT molecular complexity index is 678. The quantitative estimate of drug-likeness (QED) is 0.549. The van der Waals surface area contributed by atoms with Crippen molar-refractivity contribution in [3.8, 4) is 11.6 Å². The highest BCUT2D eigenvalue weighted by Gasteiger charge is 2.14. The smallest absolute Gasteiger partial charge is 0.312 e. The number of aromatic nitrogens is 1. The van der Waals surface area contributed by atoms with Gasteiger partial charge in [-0.25, -0.2) is 14.8 Å². The lowest BCUT2D eigenvalue weighted by Crippen LogP contribution is -2.38. The van der Waals surface area contributed by atoms with Gasteiger partial charge in [-0.1, -0.05) is 12.1 Å². The summed E-state index contributed by atoms with van der Waals surface area (Å²) in [6, 6.07) is 10.8. The molecule has 2 rings (SSSR count). The summed E-state index contributed by atoms with van der Waals surface area (Å²) in [4.78, 5) is 26.6. The van der Waals surface area contributed by atoms with Gasteiger partial charge in [0.2, 0.25) is 5.88 Å². The van der Waals surface area contributed by atoms with Gasteiger partial charge in [-0.05, 0) is 24.3 Å². The van der Waals surface area contributed by atoms with E-state index in [1.54, 1.807) is 42.6 Å². The van der Waals surface area contributed by atoms with Crippen molar-refractivity contribution in [1.29, 1.82) is 0 Å². The number of rotatable bonds is 6. The molecule has 0 spiro atoms. The van der Waals surface area contributed by atoms with Crippen molar-refractivity contribution < 1.29 is 19.5 Å². The lowest BCUT2D eigenvalue weighted by molar-refractivity contribution is -0.0564. The number of carbonyl (C=O) groups is 2. The van der Waals surface area contributed by atoms with Gasteiger partial charge in [0.05, 0.1) is 6.54 Å². The van der Waals surface area contributed by atoms with Gasteiger partial charge in [0.1, 0.15) is 5.75 Å². The first-order chi connectivity index (χ1) is 11.1. The highest BCUT2D eigenvalue weighted by atomic mass is 16.5. The normalized spacial score (nSPS) is 9.96. The van der Waals surface area contributed by atoms with Crippen molar-refractivity contribution in [2.45, 2.75) is 0 Å². The maximum atomic E-state index is 12.1. The summed E-state index contributed by atoms with van der Waals surface area (Å²) in [6.07, 6.45) is 1.59. The molecular formula is C15H16N4O4. The van der Waals surface area contributed by atoms with E-state index < -0.39 is 11.9 Å². The van der Waals surface area contributed by atoms with Crippen LogP contribution in [0, 0.1) is 0 Å². The van der Waals surface area contributed by atoms with E-state index in [0.29, 0.717) is 16.7 Å². The van der Waals surface area contributed by atoms with E-state index in [4.69, 9.17) is 10.5 Å². The molecule has 1 aromatic carbocycles. The van der Waals surface area contributed by atoms with Crippen molar-refractivity contribution in [2.75, 3.05) is 13.1 Å². The maximum Gasteiger partial charge on any atom is 0.312 e. The molecule has 0 saturated carbocycles. The van der Waals surface area contributed by atoms with E-state index in [1.807, 2.05) is 0 Å². The Hall–Kier alpha value is -3.13. The van der Waals surface area contributed by atoms with Gasteiger partial charge in [0.25, 0.3) is 5.91 Å². The maximum absolute atomic E-state index is 12.1. The number of ether oxygens (including phenoxy) is 1. The molecule has 1 aromatic heterocycles. The number of primary amides is 1. The summed E-state index contributed by atoms with van der Waals surface area (Å²) in [5.74, 6) is 0.185. The highest BCUT2D eigenvalue weighted by molar-refractivity contribution is 5.93. The molecule has 8 heteroatoms. The third-order valence-corrected chi connectivity index (χ3v) is 2.80. The summed E-state index contributed by atoms with van der Waals surface area (Å²) in [5, 5.41) is 12.5. The molecule has 0 atom stereocenters. The number of nitrogens with zero attached hydrogens (tertiary/aromatic N) is 2. The molecule has 0 fully saturated rings. The van der Waals surface area contributed by atoms with Crippen molar-refractivity contribution in [3.05, 3.63) is 54.2 Å². The molecule has 2 aromatic rings. The predicted octanol–water partition coefficient (Wildman–Crippen LogP) is 1.37. The Labute approximate surface area is 132 Å². The molecular weight excluding hydrogens is 300 g/mol. The van der Waals surface area contributed by atoms with Crippen LogP contribution in [0.4, 0.5) is 4.79 Å². The molecule has 0 aliphatic heterocycles. The van der Waals surface area contributed by atoms with E-state index in [2.05, 4.69) is 10.3 Å². The average Bonchev–Trinajstić information content (AvgIpc) is 2.55. The molecule has 0 unspecified atom stereocenters. The van der Waals surface area contributed by atoms with Crippen LogP contribution >= 0.6 is 0 Å². The number of hydrogen-bond donors (Lipinski definition) is 3. The summed E-state index contributed by atoms with van der Waals surface area (Å²) in [5.41, 5.74) is 5.14. The number of nitrogens with two attached hydrogens (primary N) is 1. The minimum atomic E-state index is -0.725. The molecule has 1 heterocycles. The van der Waals surface area contributed by atoms with E-state index in [-0.39, 0.29) is 18.7 Å². The number of hydroxylamine groups is 2. The molecule has 0 aliphatic carbocycles. The lowest BCUT2D eigenvalue weighted by Gasteiger charge is -2.15. The summed E-state index contributed by atoms with van der Waals surface area (Å²) >= 11 is 0. The van der Waals surface area contributed by atoms with Gasteiger partial charge in [-0.15, -0.1) is 0 Å². The number of nitrogens with one attached hydrogen (secondary N) is 1. The number of amides is 3. The molecule has 0 bridgehead atoms. The fraction of sp³-hybridized carbons (Fsp3) is 0.133. The first-order valence-corrected chi connectivity index (χ1v) is 6.79. The van der Waals surface area contributed by atoms with Gasteiger partial charge in [-0.3, -0.25) is 10.0 Å². The van der Waals surface area contributed by atoms with Crippen molar-refractivity contribution in [2.24, 2.45) is 5.73 Å². The van der Waals surface area contributed by atoms with E-state index in [1.165, 1.54) is 6.07 Å². The second-order valence-electron chi connectivity index (χ2n) is 4.52. The summed E-state index contributed by atoms with van der Waals surface area (Å²) in [6.45, 7) is -0.0468. The third-order valence-electron chi connectivity index (χ3n) is 2.80. The molecule has 0 saturated heterocycles. The Morgan fingerprint density at radius 2 is 2.09 bits per heavy atom. The van der Waals surface area contributed by atoms with Gasteiger partial charge in [0.15, 0.2) is 0 Å². The summed E-state index contributed by atoms with van der Waals surface area (Å²) in [7, 11) is 0. The lowest BCUT2D eigenvalue weighted by atomic mass is 10.2. The number of hydrogen-bond acceptors (Lipinski definition) is 5. The molecule has 120 valence electrons. The first kappa shape index (κ1) is 16.2. The van der Waals surface area contributed by atoms with E-state index in [0.717, 1.165) is 0 Å². The van der Waals surface area contributed by atoms with Gasteiger partial charge in [-0.2, -0.15) is 0 Å². The first-order valence-electron chi connectivity index (χ1n) is 6.79. The Balaban J connectivity index is 2.00. The van der Waals surface area contributed by atoms with Crippen LogP contribution in [0.5, 0.6) is 11.6 Å². The number of urea groups is 1. The highest BCUT2D eigenvalue weighted by Crippen LogP contribution is 2.20. The number of pyridine rings is 1. The zero-order valence-corrected chi connectivity index (χ0v) is 12.2. The van der Waals surface area contributed by atoms with Crippen molar-refractivity contribution in [3.63, 3.8) is 0 Å². The average molecular weight is 316 g/mol. The van der Waals surface area contributed by atoms with Crippen molar-refractivity contribution in [1.82, 2.24) is 15.4 Å². The number of carbonyl (C=O) groups excluding carboxylic acids is 2. The van der Waals surface area contributed by atoms with Crippen molar-refractivity contribution >= 4 is 11.9 Å². The van der Waals surface area contributed by atoms with Crippen LogP contribution in [0.25, 0.3) is 0 Å². The largest absolute Gasteiger partial charge is 0.439 e. The zero-order chi connectivity index (χ0) is 16.7. The Morgan fingerprint density at radius 3 is 2.78 bits per heavy atom. The molecule has 0 radical (unpaired) electrons. The SMILES string of the molecule is NC(=O)NCCN(O)C(=O)c1cccc(Oc2ccccn2)c1. The minimum absolute atomic E-state index is 0.0434. The molecule has 23 heavy (non-hydrogen) atoms. The van der Waals surface area contributed by atoms with Gasteiger partial charge >= 0.3 is 6.03 Å². The van der Waals surface area contributed by atoms with Crippen LogP contribution in [0.3, 0.4) is 0 Å². The van der Waals surface area contributed by atoms with Crippen LogP contribution < -0.4 is 15.8 Å². The molecule has 0 aliphatic rings. The second kappa shape index (κ2) is 7.76. The molecule has 4 N–H and O–H groups in total. The monoisotopic (exact) mass is 316 g/mol. The second-order valence-corrected chi connectivity index (χ2v) is 4.52. The molecule has 8 nitrogen and oxygen atoms in total. The Morgan fingerprint density at radius 1 is 1.26 bits per heavy atom. The van der Waals surface area contributed by atoms with Crippen LogP contribution in [0.1, 0.15) is 10.4 Å².